The molecule has 3 rings (SSSR count). The highest BCUT2D eigenvalue weighted by Crippen LogP contribution is 2.23. The van der Waals surface area contributed by atoms with Gasteiger partial charge in [-0.3, -0.25) is 9.59 Å². The smallest absolute Gasteiger partial charge is 0.271 e. The highest BCUT2D eigenvalue weighted by Gasteiger charge is 2.08. The molecule has 0 aromatic heterocycles. The average molecular weight is 482 g/mol. The third-order valence-electron chi connectivity index (χ3n) is 4.10. The van der Waals surface area contributed by atoms with Crippen LogP contribution in [0.1, 0.15) is 15.9 Å². The zero-order valence-corrected chi connectivity index (χ0v) is 18.3. The van der Waals surface area contributed by atoms with Crippen molar-refractivity contribution in [2.24, 2.45) is 5.10 Å². The monoisotopic (exact) mass is 481 g/mol. The van der Waals surface area contributed by atoms with Crippen LogP contribution in [0, 0.1) is 0 Å². The number of hydrogen-bond donors (Lipinski definition) is 2. The number of ether oxygens (including phenoxy) is 2. The second-order valence-electron chi connectivity index (χ2n) is 6.32. The maximum Gasteiger partial charge on any atom is 0.271 e. The van der Waals surface area contributed by atoms with Crippen molar-refractivity contribution < 1.29 is 19.1 Å². The second-order valence-corrected chi connectivity index (χ2v) is 7.23. The van der Waals surface area contributed by atoms with Crippen LogP contribution in [0.15, 0.2) is 82.4 Å². The molecular weight excluding hydrogens is 462 g/mol. The number of halogens is 1. The van der Waals surface area contributed by atoms with E-state index in [1.165, 1.54) is 6.21 Å². The van der Waals surface area contributed by atoms with Crippen molar-refractivity contribution in [1.29, 1.82) is 0 Å². The van der Waals surface area contributed by atoms with Crippen LogP contribution in [0.3, 0.4) is 0 Å². The molecule has 0 heterocycles. The highest BCUT2D eigenvalue weighted by atomic mass is 79.9. The maximum atomic E-state index is 12.1. The molecule has 8 heteroatoms. The number of para-hydroxylation sites is 2. The van der Waals surface area contributed by atoms with Gasteiger partial charge >= 0.3 is 0 Å². The summed E-state index contributed by atoms with van der Waals surface area (Å²) in [6, 6.07) is 21.1. The Kier molecular flexibility index (Phi) is 7.78. The molecule has 0 bridgehead atoms. The lowest BCUT2D eigenvalue weighted by Crippen LogP contribution is -2.20. The molecule has 0 saturated carbocycles. The summed E-state index contributed by atoms with van der Waals surface area (Å²) in [7, 11) is 1.54. The number of amides is 2. The van der Waals surface area contributed by atoms with Gasteiger partial charge in [0.25, 0.3) is 11.8 Å². The summed E-state index contributed by atoms with van der Waals surface area (Å²) in [5.41, 5.74) is 4.32. The molecule has 0 aliphatic carbocycles. The number of nitrogens with one attached hydrogen (secondary N) is 2. The molecule has 0 atom stereocenters. The van der Waals surface area contributed by atoms with Crippen LogP contribution >= 0.6 is 15.9 Å². The van der Waals surface area contributed by atoms with E-state index >= 15 is 0 Å². The van der Waals surface area contributed by atoms with Gasteiger partial charge in [0, 0.05) is 10.0 Å². The molecule has 158 valence electrons. The van der Waals surface area contributed by atoms with E-state index in [2.05, 4.69) is 31.8 Å². The highest BCUT2D eigenvalue weighted by molar-refractivity contribution is 9.10. The first-order valence-electron chi connectivity index (χ1n) is 9.30. The summed E-state index contributed by atoms with van der Waals surface area (Å²) >= 11 is 3.33. The van der Waals surface area contributed by atoms with Gasteiger partial charge in [0.2, 0.25) is 0 Å². The lowest BCUT2D eigenvalue weighted by atomic mass is 10.2. The zero-order valence-electron chi connectivity index (χ0n) is 16.7. The predicted molar refractivity (Wildman–Crippen MR) is 123 cm³/mol. The second kappa shape index (κ2) is 10.9. The zero-order chi connectivity index (χ0) is 22.1. The molecular formula is C23H20BrN3O4. The van der Waals surface area contributed by atoms with Crippen LogP contribution in [-0.4, -0.2) is 31.7 Å². The number of hydrazone groups is 1. The lowest BCUT2D eigenvalue weighted by molar-refractivity contribution is -0.118. The lowest BCUT2D eigenvalue weighted by Gasteiger charge is -2.10. The van der Waals surface area contributed by atoms with Gasteiger partial charge in [-0.2, -0.15) is 5.10 Å². The van der Waals surface area contributed by atoms with E-state index in [9.17, 15) is 9.59 Å². The third kappa shape index (κ3) is 6.68. The molecule has 3 aromatic carbocycles. The number of benzene rings is 3. The Morgan fingerprint density at radius 2 is 1.81 bits per heavy atom. The van der Waals surface area contributed by atoms with Crippen molar-refractivity contribution in [1.82, 2.24) is 5.43 Å². The van der Waals surface area contributed by atoms with E-state index in [1.807, 2.05) is 12.1 Å². The first-order chi connectivity index (χ1) is 15.0. The number of anilines is 1. The standard InChI is InChI=1S/C23H20BrN3O4/c1-30-21-8-3-2-7-20(21)26-22(28)15-31-19-11-9-16(10-12-19)14-25-27-23(29)17-5-4-6-18(24)13-17/h2-14H,15H2,1H3,(H,26,28)(H,27,29)/b25-14+. The fourth-order valence-corrected chi connectivity index (χ4v) is 2.99. The van der Waals surface area contributed by atoms with Crippen LogP contribution < -0.4 is 20.2 Å². The van der Waals surface area contributed by atoms with Crippen molar-refractivity contribution in [3.63, 3.8) is 0 Å². The third-order valence-corrected chi connectivity index (χ3v) is 4.59. The molecule has 0 radical (unpaired) electrons. The van der Waals surface area contributed by atoms with E-state index in [0.29, 0.717) is 22.7 Å². The van der Waals surface area contributed by atoms with Crippen LogP contribution in [0.5, 0.6) is 11.5 Å². The summed E-state index contributed by atoms with van der Waals surface area (Å²) in [5, 5.41) is 6.70. The molecule has 0 saturated heterocycles. The van der Waals surface area contributed by atoms with E-state index in [1.54, 1.807) is 67.8 Å². The van der Waals surface area contributed by atoms with Crippen LogP contribution in [0.25, 0.3) is 0 Å². The van der Waals surface area contributed by atoms with Crippen LogP contribution in [0.2, 0.25) is 0 Å². The van der Waals surface area contributed by atoms with Gasteiger partial charge in [-0.25, -0.2) is 5.43 Å². The van der Waals surface area contributed by atoms with E-state index in [-0.39, 0.29) is 18.4 Å². The molecule has 0 fully saturated rings. The fourth-order valence-electron chi connectivity index (χ4n) is 2.59. The van der Waals surface area contributed by atoms with Crippen molar-refractivity contribution in [2.45, 2.75) is 0 Å². The Bertz CT molecular complexity index is 1080. The first kappa shape index (κ1) is 22.0. The normalized spacial score (nSPS) is 10.5. The van der Waals surface area contributed by atoms with E-state index in [0.717, 1.165) is 10.0 Å². The SMILES string of the molecule is COc1ccccc1NC(=O)COc1ccc(/C=N/NC(=O)c2cccc(Br)c2)cc1. The number of rotatable bonds is 8. The first-order valence-corrected chi connectivity index (χ1v) is 10.1. The van der Waals surface area contributed by atoms with E-state index < -0.39 is 0 Å². The molecule has 0 aliphatic rings. The summed E-state index contributed by atoms with van der Waals surface area (Å²) in [6.45, 7) is -0.145. The van der Waals surface area contributed by atoms with Gasteiger partial charge in [-0.05, 0) is 60.2 Å². The molecule has 0 spiro atoms. The Morgan fingerprint density at radius 1 is 1.03 bits per heavy atom. The molecule has 2 N–H and O–H groups in total. The molecule has 7 nitrogen and oxygen atoms in total. The van der Waals surface area contributed by atoms with Gasteiger partial charge in [0.15, 0.2) is 6.61 Å². The Balaban J connectivity index is 1.48. The molecule has 0 unspecified atom stereocenters. The summed E-state index contributed by atoms with van der Waals surface area (Å²) in [6.07, 6.45) is 1.52. The number of nitrogens with zero attached hydrogens (tertiary/aromatic N) is 1. The number of carbonyl (C=O) groups excluding carboxylic acids is 2. The van der Waals surface area contributed by atoms with Crippen molar-refractivity contribution >= 4 is 39.6 Å². The average Bonchev–Trinajstić information content (AvgIpc) is 2.79. The predicted octanol–water partition coefficient (Wildman–Crippen LogP) is 4.24. The number of hydrogen-bond acceptors (Lipinski definition) is 5. The van der Waals surface area contributed by atoms with Crippen molar-refractivity contribution in [3.8, 4) is 11.5 Å². The summed E-state index contributed by atoms with van der Waals surface area (Å²) in [4.78, 5) is 24.2. The minimum atomic E-state index is -0.307. The molecule has 31 heavy (non-hydrogen) atoms. The molecule has 3 aromatic rings. The van der Waals surface area contributed by atoms with Crippen LogP contribution in [-0.2, 0) is 4.79 Å². The summed E-state index contributed by atoms with van der Waals surface area (Å²) in [5.74, 6) is 0.501. The van der Waals surface area contributed by atoms with Crippen molar-refractivity contribution in [2.75, 3.05) is 19.0 Å². The molecule has 2 amide bonds. The minimum absolute atomic E-state index is 0.145. The molecule has 0 aliphatic heterocycles. The number of methoxy groups -OCH3 is 1. The fraction of sp³-hybridized carbons (Fsp3) is 0.0870. The van der Waals surface area contributed by atoms with Crippen LogP contribution in [0.4, 0.5) is 5.69 Å². The van der Waals surface area contributed by atoms with Gasteiger partial charge in [-0.15, -0.1) is 0 Å². The summed E-state index contributed by atoms with van der Waals surface area (Å²) < 4.78 is 11.5. The van der Waals surface area contributed by atoms with Crippen molar-refractivity contribution in [3.05, 3.63) is 88.4 Å². The Hall–Kier alpha value is -3.65. The minimum Gasteiger partial charge on any atom is -0.495 e. The van der Waals surface area contributed by atoms with Gasteiger partial charge in [0.05, 0.1) is 19.0 Å². The number of carbonyl (C=O) groups is 2. The quantitative estimate of drug-likeness (QED) is 0.372. The largest absolute Gasteiger partial charge is 0.495 e. The maximum absolute atomic E-state index is 12.1. The van der Waals surface area contributed by atoms with Gasteiger partial charge in [0.1, 0.15) is 11.5 Å². The van der Waals surface area contributed by atoms with E-state index in [4.69, 9.17) is 9.47 Å². The Morgan fingerprint density at radius 3 is 2.55 bits per heavy atom. The Labute approximate surface area is 188 Å². The topological polar surface area (TPSA) is 89.0 Å². The van der Waals surface area contributed by atoms with Gasteiger partial charge in [-0.1, -0.05) is 34.1 Å². The van der Waals surface area contributed by atoms with Gasteiger partial charge < -0.3 is 14.8 Å².